The van der Waals surface area contributed by atoms with Crippen molar-refractivity contribution in [2.24, 2.45) is 0 Å². The summed E-state index contributed by atoms with van der Waals surface area (Å²) in [5.41, 5.74) is 0. The van der Waals surface area contributed by atoms with Gasteiger partial charge in [-0.15, -0.1) is 0 Å². The molecule has 0 aromatic rings. The van der Waals surface area contributed by atoms with Gasteiger partial charge in [-0.25, -0.2) is 0 Å². The van der Waals surface area contributed by atoms with Crippen LogP contribution in [0.3, 0.4) is 0 Å². The molecule has 0 bridgehead atoms. The molecule has 0 aliphatic heterocycles. The number of ether oxygens (including phenoxy) is 1. The highest BCUT2D eigenvalue weighted by molar-refractivity contribution is 5.97. The van der Waals surface area contributed by atoms with Gasteiger partial charge in [0.05, 0.1) is 13.0 Å². The highest BCUT2D eigenvalue weighted by Gasteiger charge is 2.07. The molecule has 0 saturated heterocycles. The standard InChI is InChI=1S/C10H16O4/c1-3-14-10(13)6-4-5-9(12)7-8(2)11/h3-7H2,1-2H3. The average molecular weight is 200 g/mol. The van der Waals surface area contributed by atoms with Crippen molar-refractivity contribution in [3.05, 3.63) is 0 Å². The normalized spacial score (nSPS) is 9.57. The predicted octanol–water partition coefficient (Wildman–Crippen LogP) is 1.27. The molecule has 0 spiro atoms. The molecule has 0 amide bonds. The van der Waals surface area contributed by atoms with E-state index in [0.29, 0.717) is 13.0 Å². The minimum atomic E-state index is -0.289. The molecule has 0 atom stereocenters. The highest BCUT2D eigenvalue weighted by atomic mass is 16.5. The van der Waals surface area contributed by atoms with Crippen molar-refractivity contribution < 1.29 is 19.1 Å². The van der Waals surface area contributed by atoms with Crippen LogP contribution < -0.4 is 0 Å². The van der Waals surface area contributed by atoms with Crippen LogP contribution in [0.1, 0.15) is 39.5 Å². The van der Waals surface area contributed by atoms with Gasteiger partial charge in [0, 0.05) is 12.8 Å². The zero-order chi connectivity index (χ0) is 11.0. The molecule has 0 rings (SSSR count). The first-order valence-corrected chi connectivity index (χ1v) is 4.73. The Bertz CT molecular complexity index is 220. The predicted molar refractivity (Wildman–Crippen MR) is 50.8 cm³/mol. The van der Waals surface area contributed by atoms with E-state index in [2.05, 4.69) is 4.74 Å². The second-order valence-corrected chi connectivity index (χ2v) is 3.08. The summed E-state index contributed by atoms with van der Waals surface area (Å²) in [6.07, 6.45) is 0.962. The first-order valence-electron chi connectivity index (χ1n) is 4.73. The monoisotopic (exact) mass is 200 g/mol. The summed E-state index contributed by atoms with van der Waals surface area (Å²) < 4.78 is 4.69. The van der Waals surface area contributed by atoms with Gasteiger partial charge in [0.1, 0.15) is 11.6 Å². The average Bonchev–Trinajstić information content (AvgIpc) is 2.02. The Morgan fingerprint density at radius 2 is 1.79 bits per heavy atom. The van der Waals surface area contributed by atoms with E-state index < -0.39 is 0 Å². The molecule has 0 unspecified atom stereocenters. The van der Waals surface area contributed by atoms with E-state index in [-0.39, 0.29) is 36.8 Å². The van der Waals surface area contributed by atoms with Gasteiger partial charge in [0.2, 0.25) is 0 Å². The topological polar surface area (TPSA) is 60.4 Å². The highest BCUT2D eigenvalue weighted by Crippen LogP contribution is 2.01. The first kappa shape index (κ1) is 12.8. The number of Topliss-reactive ketones (excluding diaryl/α,β-unsaturated/α-hetero) is 2. The third-order valence-electron chi connectivity index (χ3n) is 1.59. The van der Waals surface area contributed by atoms with Gasteiger partial charge in [-0.1, -0.05) is 0 Å². The van der Waals surface area contributed by atoms with Gasteiger partial charge < -0.3 is 4.74 Å². The van der Waals surface area contributed by atoms with Crippen molar-refractivity contribution in [2.75, 3.05) is 6.61 Å². The van der Waals surface area contributed by atoms with Gasteiger partial charge in [0.15, 0.2) is 0 Å². The molecule has 0 aliphatic carbocycles. The number of rotatable bonds is 7. The van der Waals surface area contributed by atoms with Crippen molar-refractivity contribution in [2.45, 2.75) is 39.5 Å². The molecular formula is C10H16O4. The molecule has 0 fully saturated rings. The van der Waals surface area contributed by atoms with E-state index in [9.17, 15) is 14.4 Å². The fourth-order valence-electron chi connectivity index (χ4n) is 1.03. The van der Waals surface area contributed by atoms with Crippen LogP contribution in [0.15, 0.2) is 0 Å². The van der Waals surface area contributed by atoms with Crippen LogP contribution in [0.4, 0.5) is 0 Å². The summed E-state index contributed by atoms with van der Waals surface area (Å²) in [6.45, 7) is 3.47. The summed E-state index contributed by atoms with van der Waals surface area (Å²) in [5.74, 6) is -0.531. The number of hydrogen-bond donors (Lipinski definition) is 0. The van der Waals surface area contributed by atoms with Crippen molar-refractivity contribution in [3.63, 3.8) is 0 Å². The lowest BCUT2D eigenvalue weighted by molar-refractivity contribution is -0.143. The molecule has 4 heteroatoms. The van der Waals surface area contributed by atoms with Crippen LogP contribution in [0.2, 0.25) is 0 Å². The first-order chi connectivity index (χ1) is 6.56. The molecule has 0 heterocycles. The van der Waals surface area contributed by atoms with Crippen LogP contribution in [-0.2, 0) is 19.1 Å². The smallest absolute Gasteiger partial charge is 0.305 e. The molecule has 0 radical (unpaired) electrons. The minimum Gasteiger partial charge on any atom is -0.466 e. The lowest BCUT2D eigenvalue weighted by Gasteiger charge is -2.00. The molecule has 80 valence electrons. The Hall–Kier alpha value is -1.19. The fraction of sp³-hybridized carbons (Fsp3) is 0.700. The van der Waals surface area contributed by atoms with Crippen LogP contribution in [0.25, 0.3) is 0 Å². The number of esters is 1. The Morgan fingerprint density at radius 3 is 2.29 bits per heavy atom. The number of carbonyl (C=O) groups excluding carboxylic acids is 3. The molecule has 0 aromatic carbocycles. The maximum Gasteiger partial charge on any atom is 0.305 e. The summed E-state index contributed by atoms with van der Waals surface area (Å²) in [6, 6.07) is 0. The SMILES string of the molecule is CCOC(=O)CCCC(=O)CC(C)=O. The van der Waals surface area contributed by atoms with Crippen molar-refractivity contribution in [3.8, 4) is 0 Å². The molecule has 14 heavy (non-hydrogen) atoms. The summed E-state index contributed by atoms with van der Waals surface area (Å²) >= 11 is 0. The Labute approximate surface area is 83.6 Å². The lowest BCUT2D eigenvalue weighted by Crippen LogP contribution is -2.07. The van der Waals surface area contributed by atoms with E-state index in [1.165, 1.54) is 6.92 Å². The van der Waals surface area contributed by atoms with Crippen molar-refractivity contribution in [1.82, 2.24) is 0 Å². The second kappa shape index (κ2) is 7.24. The van der Waals surface area contributed by atoms with Crippen molar-refractivity contribution in [1.29, 1.82) is 0 Å². The quantitative estimate of drug-likeness (QED) is 0.458. The minimum absolute atomic E-state index is 0.0250. The van der Waals surface area contributed by atoms with E-state index in [4.69, 9.17) is 0 Å². The summed E-state index contributed by atoms with van der Waals surface area (Å²) in [5, 5.41) is 0. The Morgan fingerprint density at radius 1 is 1.14 bits per heavy atom. The molecule has 0 aromatic heterocycles. The zero-order valence-electron chi connectivity index (χ0n) is 8.67. The molecule has 0 saturated carbocycles. The van der Waals surface area contributed by atoms with Gasteiger partial charge in [-0.3, -0.25) is 14.4 Å². The third-order valence-corrected chi connectivity index (χ3v) is 1.59. The summed E-state index contributed by atoms with van der Waals surface area (Å²) in [7, 11) is 0. The van der Waals surface area contributed by atoms with Gasteiger partial charge in [-0.05, 0) is 20.3 Å². The number of hydrogen-bond acceptors (Lipinski definition) is 4. The van der Waals surface area contributed by atoms with E-state index >= 15 is 0 Å². The van der Waals surface area contributed by atoms with Gasteiger partial charge in [0.25, 0.3) is 0 Å². The molecule has 0 aliphatic rings. The number of ketones is 2. The Kier molecular flexibility index (Phi) is 6.62. The largest absolute Gasteiger partial charge is 0.466 e. The second-order valence-electron chi connectivity index (χ2n) is 3.08. The molecular weight excluding hydrogens is 184 g/mol. The van der Waals surface area contributed by atoms with Gasteiger partial charge >= 0.3 is 5.97 Å². The zero-order valence-corrected chi connectivity index (χ0v) is 8.67. The van der Waals surface area contributed by atoms with Crippen LogP contribution in [-0.4, -0.2) is 24.1 Å². The van der Waals surface area contributed by atoms with E-state index in [0.717, 1.165) is 0 Å². The Balaban J connectivity index is 3.49. The molecule has 4 nitrogen and oxygen atoms in total. The lowest BCUT2D eigenvalue weighted by atomic mass is 10.1. The van der Waals surface area contributed by atoms with E-state index in [1.807, 2.05) is 0 Å². The van der Waals surface area contributed by atoms with Gasteiger partial charge in [-0.2, -0.15) is 0 Å². The maximum absolute atomic E-state index is 11.0. The maximum atomic E-state index is 11.0. The number of carbonyl (C=O) groups is 3. The van der Waals surface area contributed by atoms with Crippen LogP contribution >= 0.6 is 0 Å². The van der Waals surface area contributed by atoms with Crippen molar-refractivity contribution >= 4 is 17.5 Å². The van der Waals surface area contributed by atoms with Crippen LogP contribution in [0.5, 0.6) is 0 Å². The summed E-state index contributed by atoms with van der Waals surface area (Å²) in [4.78, 5) is 32.4. The van der Waals surface area contributed by atoms with Crippen LogP contribution in [0, 0.1) is 0 Å². The fourth-order valence-corrected chi connectivity index (χ4v) is 1.03. The molecule has 0 N–H and O–H groups in total. The third kappa shape index (κ3) is 7.46. The van der Waals surface area contributed by atoms with E-state index in [1.54, 1.807) is 6.92 Å².